The SMILES string of the molecule is C=CCOc1cccc(C2/C(=C(/O)c3ccc(OC)cc3OC)C(=O)C(=O)N2CCCC)c1. The molecule has 2 aromatic rings. The highest BCUT2D eigenvalue weighted by molar-refractivity contribution is 6.46. The number of amides is 1. The summed E-state index contributed by atoms with van der Waals surface area (Å²) in [4.78, 5) is 27.6. The molecule has 0 aliphatic carbocycles. The number of nitrogens with zero attached hydrogens (tertiary/aromatic N) is 1. The van der Waals surface area contributed by atoms with Crippen molar-refractivity contribution in [3.05, 3.63) is 71.8 Å². The predicted octanol–water partition coefficient (Wildman–Crippen LogP) is 4.49. The van der Waals surface area contributed by atoms with E-state index in [2.05, 4.69) is 6.58 Å². The standard InChI is InChI=1S/C26H29NO6/c1-5-7-13-27-23(17-9-8-10-19(15-17)33-14-6-2)22(25(29)26(27)30)24(28)20-12-11-18(31-3)16-21(20)32-4/h6,8-12,15-16,23,28H,2,5,7,13-14H2,1,3-4H3/b24-22-. The van der Waals surface area contributed by atoms with Crippen LogP contribution >= 0.6 is 0 Å². The van der Waals surface area contributed by atoms with Crippen molar-refractivity contribution in [1.82, 2.24) is 4.90 Å². The molecule has 1 amide bonds. The van der Waals surface area contributed by atoms with E-state index < -0.39 is 17.7 Å². The summed E-state index contributed by atoms with van der Waals surface area (Å²) in [6.45, 7) is 6.38. The van der Waals surface area contributed by atoms with Gasteiger partial charge in [-0.1, -0.05) is 38.1 Å². The minimum atomic E-state index is -0.754. The number of hydrogen-bond acceptors (Lipinski definition) is 6. The lowest BCUT2D eigenvalue weighted by molar-refractivity contribution is -0.139. The van der Waals surface area contributed by atoms with Crippen molar-refractivity contribution in [2.45, 2.75) is 25.8 Å². The second-order valence-electron chi connectivity index (χ2n) is 7.58. The molecule has 33 heavy (non-hydrogen) atoms. The van der Waals surface area contributed by atoms with Gasteiger partial charge in [-0.2, -0.15) is 0 Å². The number of hydrogen-bond donors (Lipinski definition) is 1. The second-order valence-corrected chi connectivity index (χ2v) is 7.58. The lowest BCUT2D eigenvalue weighted by atomic mass is 9.94. The quantitative estimate of drug-likeness (QED) is 0.248. The van der Waals surface area contributed by atoms with Crippen molar-refractivity contribution in [2.24, 2.45) is 0 Å². The van der Waals surface area contributed by atoms with Crippen LogP contribution in [0, 0.1) is 0 Å². The highest BCUT2D eigenvalue weighted by atomic mass is 16.5. The van der Waals surface area contributed by atoms with Gasteiger partial charge in [0, 0.05) is 12.6 Å². The Labute approximate surface area is 193 Å². The number of aliphatic hydroxyl groups is 1. The Hall–Kier alpha value is -3.74. The predicted molar refractivity (Wildman–Crippen MR) is 126 cm³/mol. The van der Waals surface area contributed by atoms with Gasteiger partial charge in [-0.05, 0) is 36.2 Å². The normalized spacial score (nSPS) is 17.2. The van der Waals surface area contributed by atoms with E-state index in [1.807, 2.05) is 13.0 Å². The molecule has 0 bridgehead atoms. The number of unbranched alkanes of at least 4 members (excludes halogenated alkanes) is 1. The highest BCUT2D eigenvalue weighted by Crippen LogP contribution is 2.42. The molecule has 0 saturated carbocycles. The average molecular weight is 452 g/mol. The largest absolute Gasteiger partial charge is 0.507 e. The average Bonchev–Trinajstić information content (AvgIpc) is 3.10. The summed E-state index contributed by atoms with van der Waals surface area (Å²) in [5.74, 6) is -0.225. The zero-order chi connectivity index (χ0) is 24.0. The maximum absolute atomic E-state index is 13.1. The maximum Gasteiger partial charge on any atom is 0.295 e. The maximum atomic E-state index is 13.1. The molecule has 7 nitrogen and oxygen atoms in total. The Bertz CT molecular complexity index is 1070. The van der Waals surface area contributed by atoms with Gasteiger partial charge in [0.25, 0.3) is 11.7 Å². The molecule has 0 spiro atoms. The van der Waals surface area contributed by atoms with Gasteiger partial charge in [-0.25, -0.2) is 0 Å². The number of methoxy groups -OCH3 is 2. The minimum Gasteiger partial charge on any atom is -0.507 e. The highest BCUT2D eigenvalue weighted by Gasteiger charge is 2.46. The number of rotatable bonds is 10. The monoisotopic (exact) mass is 451 g/mol. The molecule has 1 unspecified atom stereocenters. The second kappa shape index (κ2) is 10.7. The first kappa shape index (κ1) is 23.9. The molecule has 1 N–H and O–H groups in total. The van der Waals surface area contributed by atoms with Crippen LogP contribution in [0.2, 0.25) is 0 Å². The van der Waals surface area contributed by atoms with Crippen LogP contribution in [-0.4, -0.2) is 49.1 Å². The number of carbonyl (C=O) groups is 2. The first-order valence-corrected chi connectivity index (χ1v) is 10.8. The van der Waals surface area contributed by atoms with Crippen molar-refractivity contribution < 1.29 is 28.9 Å². The molecule has 1 heterocycles. The number of ketones is 1. The third-order valence-electron chi connectivity index (χ3n) is 5.50. The molecule has 1 aliphatic rings. The minimum absolute atomic E-state index is 0.0143. The Morgan fingerprint density at radius 3 is 2.58 bits per heavy atom. The number of likely N-dealkylation sites (tertiary alicyclic amines) is 1. The molecule has 2 aromatic carbocycles. The fourth-order valence-corrected chi connectivity index (χ4v) is 3.85. The van der Waals surface area contributed by atoms with Gasteiger partial charge in [0.1, 0.15) is 29.6 Å². The van der Waals surface area contributed by atoms with Crippen LogP contribution in [-0.2, 0) is 9.59 Å². The van der Waals surface area contributed by atoms with Gasteiger partial charge in [-0.15, -0.1) is 0 Å². The third-order valence-corrected chi connectivity index (χ3v) is 5.50. The van der Waals surface area contributed by atoms with Crippen molar-refractivity contribution in [1.29, 1.82) is 0 Å². The fourth-order valence-electron chi connectivity index (χ4n) is 3.85. The topological polar surface area (TPSA) is 85.3 Å². The van der Waals surface area contributed by atoms with E-state index in [-0.39, 0.29) is 11.3 Å². The fraction of sp³-hybridized carbons (Fsp3) is 0.308. The molecule has 0 radical (unpaired) electrons. The smallest absolute Gasteiger partial charge is 0.295 e. The first-order chi connectivity index (χ1) is 16.0. The summed E-state index contributed by atoms with van der Waals surface area (Å²) in [6.07, 6.45) is 3.21. The molecule has 1 fully saturated rings. The number of aliphatic hydroxyl groups excluding tert-OH is 1. The molecule has 7 heteroatoms. The van der Waals surface area contributed by atoms with Crippen molar-refractivity contribution in [2.75, 3.05) is 27.4 Å². The van der Waals surface area contributed by atoms with Gasteiger partial charge in [0.2, 0.25) is 0 Å². The van der Waals surface area contributed by atoms with Crippen LogP contribution in [0.25, 0.3) is 5.76 Å². The van der Waals surface area contributed by atoms with Gasteiger partial charge in [-0.3, -0.25) is 9.59 Å². The zero-order valence-electron chi connectivity index (χ0n) is 19.2. The summed E-state index contributed by atoms with van der Waals surface area (Å²) in [5, 5.41) is 11.3. The van der Waals surface area contributed by atoms with Crippen molar-refractivity contribution >= 4 is 17.4 Å². The number of ether oxygens (including phenoxy) is 3. The summed E-state index contributed by atoms with van der Waals surface area (Å²) < 4.78 is 16.3. The third kappa shape index (κ3) is 4.87. The summed E-state index contributed by atoms with van der Waals surface area (Å²) in [7, 11) is 2.98. The number of Topliss-reactive ketones (excluding diaryl/α,β-unsaturated/α-hetero) is 1. The Morgan fingerprint density at radius 2 is 1.91 bits per heavy atom. The Morgan fingerprint density at radius 1 is 1.12 bits per heavy atom. The molecular formula is C26H29NO6. The molecular weight excluding hydrogens is 422 g/mol. The molecule has 1 saturated heterocycles. The van der Waals surface area contributed by atoms with Gasteiger partial charge in [0.15, 0.2) is 0 Å². The van der Waals surface area contributed by atoms with Crippen LogP contribution in [0.3, 0.4) is 0 Å². The Kier molecular flexibility index (Phi) is 7.77. The van der Waals surface area contributed by atoms with E-state index in [1.165, 1.54) is 19.1 Å². The number of benzene rings is 2. The summed E-state index contributed by atoms with van der Waals surface area (Å²) >= 11 is 0. The first-order valence-electron chi connectivity index (χ1n) is 10.8. The van der Waals surface area contributed by atoms with Crippen LogP contribution in [0.4, 0.5) is 0 Å². The van der Waals surface area contributed by atoms with E-state index in [4.69, 9.17) is 14.2 Å². The van der Waals surface area contributed by atoms with Crippen LogP contribution in [0.15, 0.2) is 60.7 Å². The molecule has 1 aliphatic heterocycles. The van der Waals surface area contributed by atoms with Crippen molar-refractivity contribution in [3.63, 3.8) is 0 Å². The Balaban J connectivity index is 2.18. The van der Waals surface area contributed by atoms with Crippen molar-refractivity contribution in [3.8, 4) is 17.2 Å². The van der Waals surface area contributed by atoms with E-state index in [9.17, 15) is 14.7 Å². The van der Waals surface area contributed by atoms with Crippen LogP contribution in [0.1, 0.15) is 36.9 Å². The van der Waals surface area contributed by atoms with E-state index >= 15 is 0 Å². The van der Waals surface area contributed by atoms with Crippen LogP contribution < -0.4 is 14.2 Å². The number of carbonyl (C=O) groups excluding carboxylic acids is 2. The summed E-state index contributed by atoms with van der Waals surface area (Å²) in [5.41, 5.74) is 0.984. The van der Waals surface area contributed by atoms with E-state index in [0.717, 1.165) is 12.8 Å². The molecule has 174 valence electrons. The zero-order valence-corrected chi connectivity index (χ0v) is 19.2. The van der Waals surface area contributed by atoms with Gasteiger partial charge in [0.05, 0.1) is 31.4 Å². The summed E-state index contributed by atoms with van der Waals surface area (Å²) in [6, 6.07) is 11.3. The molecule has 1 atom stereocenters. The van der Waals surface area contributed by atoms with Gasteiger partial charge >= 0.3 is 0 Å². The lowest BCUT2D eigenvalue weighted by Gasteiger charge is -2.25. The lowest BCUT2D eigenvalue weighted by Crippen LogP contribution is -2.30. The van der Waals surface area contributed by atoms with Crippen LogP contribution in [0.5, 0.6) is 17.2 Å². The van der Waals surface area contributed by atoms with E-state index in [1.54, 1.807) is 42.5 Å². The molecule has 3 rings (SSSR count). The van der Waals surface area contributed by atoms with Gasteiger partial charge < -0.3 is 24.2 Å². The molecule has 0 aromatic heterocycles. The van der Waals surface area contributed by atoms with E-state index in [0.29, 0.717) is 41.5 Å².